The van der Waals surface area contributed by atoms with Crippen LogP contribution < -0.4 is 0 Å². The van der Waals surface area contributed by atoms with Crippen molar-refractivity contribution in [3.8, 4) is 16.8 Å². The molecule has 0 amide bonds. The Morgan fingerprint density at radius 3 is 2.14 bits per heavy atom. The summed E-state index contributed by atoms with van der Waals surface area (Å²) in [7, 11) is 0. The molecule has 2 aromatic carbocycles. The summed E-state index contributed by atoms with van der Waals surface area (Å²) in [5.74, 6) is 0. The molecule has 0 bridgehead atoms. The Labute approximate surface area is 124 Å². The zero-order chi connectivity index (χ0) is 14.7. The van der Waals surface area contributed by atoms with Crippen LogP contribution >= 0.6 is 0 Å². The van der Waals surface area contributed by atoms with Crippen molar-refractivity contribution in [2.24, 2.45) is 0 Å². The van der Waals surface area contributed by atoms with Crippen molar-refractivity contribution in [3.05, 3.63) is 72.6 Å². The van der Waals surface area contributed by atoms with Crippen LogP contribution in [0.2, 0.25) is 0 Å². The summed E-state index contributed by atoms with van der Waals surface area (Å²) in [6.07, 6.45) is 4.06. The van der Waals surface area contributed by atoms with Crippen LogP contribution in [-0.4, -0.2) is 14.9 Å². The molecule has 106 valence electrons. The molecule has 3 nitrogen and oxygen atoms in total. The average Bonchev–Trinajstić information content (AvgIpc) is 3.09. The van der Waals surface area contributed by atoms with E-state index in [9.17, 15) is 5.11 Å². The van der Waals surface area contributed by atoms with Gasteiger partial charge in [-0.3, -0.25) is 0 Å². The van der Waals surface area contributed by atoms with E-state index in [0.717, 1.165) is 28.8 Å². The minimum absolute atomic E-state index is 0.374. The SMILES string of the molecule is CCC(O)c1ccc(-c2ccc(-n3cccn3)cc2)cc1. The molecule has 1 unspecified atom stereocenters. The van der Waals surface area contributed by atoms with Gasteiger partial charge in [-0.2, -0.15) is 5.10 Å². The van der Waals surface area contributed by atoms with Gasteiger partial charge in [0, 0.05) is 12.4 Å². The Morgan fingerprint density at radius 1 is 1.00 bits per heavy atom. The highest BCUT2D eigenvalue weighted by Crippen LogP contribution is 2.24. The van der Waals surface area contributed by atoms with Crippen molar-refractivity contribution in [1.82, 2.24) is 9.78 Å². The number of aromatic nitrogens is 2. The highest BCUT2D eigenvalue weighted by Gasteiger charge is 2.05. The van der Waals surface area contributed by atoms with E-state index in [2.05, 4.69) is 41.5 Å². The van der Waals surface area contributed by atoms with Crippen LogP contribution in [0.3, 0.4) is 0 Å². The van der Waals surface area contributed by atoms with Gasteiger partial charge in [-0.15, -0.1) is 0 Å². The Balaban J connectivity index is 1.84. The summed E-state index contributed by atoms with van der Waals surface area (Å²) >= 11 is 0. The average molecular weight is 278 g/mol. The zero-order valence-corrected chi connectivity index (χ0v) is 12.0. The number of aliphatic hydroxyl groups excluding tert-OH is 1. The molecule has 0 fully saturated rings. The lowest BCUT2D eigenvalue weighted by Gasteiger charge is -2.09. The fourth-order valence-corrected chi connectivity index (χ4v) is 2.36. The number of rotatable bonds is 4. The van der Waals surface area contributed by atoms with E-state index in [1.165, 1.54) is 0 Å². The maximum atomic E-state index is 9.82. The lowest BCUT2D eigenvalue weighted by molar-refractivity contribution is 0.173. The molecule has 1 heterocycles. The van der Waals surface area contributed by atoms with Crippen LogP contribution in [0, 0.1) is 0 Å². The molecule has 0 radical (unpaired) electrons. The number of benzene rings is 2. The number of hydrogen-bond acceptors (Lipinski definition) is 2. The second-order valence-corrected chi connectivity index (χ2v) is 5.04. The van der Waals surface area contributed by atoms with E-state index in [4.69, 9.17) is 0 Å². The molecule has 1 atom stereocenters. The predicted octanol–water partition coefficient (Wildman–Crippen LogP) is 3.98. The molecule has 3 rings (SSSR count). The first-order valence-corrected chi connectivity index (χ1v) is 7.16. The number of aliphatic hydroxyl groups is 1. The van der Waals surface area contributed by atoms with Gasteiger partial charge in [-0.05, 0) is 41.3 Å². The van der Waals surface area contributed by atoms with Gasteiger partial charge in [-0.1, -0.05) is 43.3 Å². The van der Waals surface area contributed by atoms with Gasteiger partial charge >= 0.3 is 0 Å². The highest BCUT2D eigenvalue weighted by atomic mass is 16.3. The van der Waals surface area contributed by atoms with Gasteiger partial charge < -0.3 is 5.11 Å². The lowest BCUT2D eigenvalue weighted by Crippen LogP contribution is -1.95. The number of hydrogen-bond donors (Lipinski definition) is 1. The molecule has 1 N–H and O–H groups in total. The fraction of sp³-hybridized carbons (Fsp3) is 0.167. The van der Waals surface area contributed by atoms with E-state index in [1.807, 2.05) is 36.0 Å². The van der Waals surface area contributed by atoms with E-state index in [0.29, 0.717) is 0 Å². The first-order chi connectivity index (χ1) is 10.3. The van der Waals surface area contributed by atoms with Gasteiger partial charge in [0.05, 0.1) is 11.8 Å². The van der Waals surface area contributed by atoms with Crippen LogP contribution in [0.25, 0.3) is 16.8 Å². The maximum absolute atomic E-state index is 9.82. The molecule has 0 spiro atoms. The molecule has 0 saturated carbocycles. The molecule has 0 saturated heterocycles. The number of nitrogens with zero attached hydrogens (tertiary/aromatic N) is 2. The van der Waals surface area contributed by atoms with Crippen LogP contribution in [0.1, 0.15) is 25.0 Å². The van der Waals surface area contributed by atoms with Crippen molar-refractivity contribution >= 4 is 0 Å². The summed E-state index contributed by atoms with van der Waals surface area (Å²) < 4.78 is 1.84. The van der Waals surface area contributed by atoms with Crippen molar-refractivity contribution in [1.29, 1.82) is 0 Å². The van der Waals surface area contributed by atoms with E-state index in [1.54, 1.807) is 6.20 Å². The normalized spacial score (nSPS) is 12.3. The summed E-state index contributed by atoms with van der Waals surface area (Å²) in [4.78, 5) is 0. The van der Waals surface area contributed by atoms with Gasteiger partial charge in [-0.25, -0.2) is 4.68 Å². The Morgan fingerprint density at radius 2 is 1.62 bits per heavy atom. The highest BCUT2D eigenvalue weighted by molar-refractivity contribution is 5.65. The topological polar surface area (TPSA) is 38.0 Å². The van der Waals surface area contributed by atoms with E-state index < -0.39 is 0 Å². The Kier molecular flexibility index (Phi) is 3.84. The monoisotopic (exact) mass is 278 g/mol. The van der Waals surface area contributed by atoms with E-state index in [-0.39, 0.29) is 6.10 Å². The van der Waals surface area contributed by atoms with Gasteiger partial charge in [0.15, 0.2) is 0 Å². The first-order valence-electron chi connectivity index (χ1n) is 7.16. The third-order valence-electron chi connectivity index (χ3n) is 3.65. The third-order valence-corrected chi connectivity index (χ3v) is 3.65. The Hall–Kier alpha value is -2.39. The molecule has 0 aliphatic rings. The standard InChI is InChI=1S/C18H18N2O/c1-2-18(21)16-6-4-14(5-7-16)15-8-10-17(11-9-15)20-13-3-12-19-20/h3-13,18,21H,2H2,1H3. The summed E-state index contributed by atoms with van der Waals surface area (Å²) in [5, 5.41) is 14.0. The largest absolute Gasteiger partial charge is 0.388 e. The molecule has 0 aliphatic carbocycles. The predicted molar refractivity (Wildman–Crippen MR) is 84.3 cm³/mol. The van der Waals surface area contributed by atoms with Crippen molar-refractivity contribution in [3.63, 3.8) is 0 Å². The van der Waals surface area contributed by atoms with Crippen LogP contribution in [-0.2, 0) is 0 Å². The smallest absolute Gasteiger partial charge is 0.0787 e. The van der Waals surface area contributed by atoms with Crippen molar-refractivity contribution < 1.29 is 5.11 Å². The molecule has 3 aromatic rings. The summed E-state index contributed by atoms with van der Waals surface area (Å²) in [6.45, 7) is 1.98. The van der Waals surface area contributed by atoms with Gasteiger partial charge in [0.2, 0.25) is 0 Å². The van der Waals surface area contributed by atoms with Crippen LogP contribution in [0.4, 0.5) is 0 Å². The molecule has 1 aromatic heterocycles. The molecular formula is C18H18N2O. The zero-order valence-electron chi connectivity index (χ0n) is 12.0. The van der Waals surface area contributed by atoms with E-state index >= 15 is 0 Å². The summed E-state index contributed by atoms with van der Waals surface area (Å²) in [5.41, 5.74) is 4.31. The quantitative estimate of drug-likeness (QED) is 0.783. The second-order valence-electron chi connectivity index (χ2n) is 5.04. The minimum atomic E-state index is -0.374. The molecular weight excluding hydrogens is 260 g/mol. The van der Waals surface area contributed by atoms with Crippen molar-refractivity contribution in [2.45, 2.75) is 19.4 Å². The maximum Gasteiger partial charge on any atom is 0.0787 e. The molecule has 0 aliphatic heterocycles. The van der Waals surface area contributed by atoms with Gasteiger partial charge in [0.25, 0.3) is 0 Å². The van der Waals surface area contributed by atoms with Crippen LogP contribution in [0.15, 0.2) is 67.0 Å². The van der Waals surface area contributed by atoms with Crippen LogP contribution in [0.5, 0.6) is 0 Å². The lowest BCUT2D eigenvalue weighted by atomic mass is 10.0. The van der Waals surface area contributed by atoms with Gasteiger partial charge in [0.1, 0.15) is 0 Å². The Bertz CT molecular complexity index is 685. The molecule has 3 heteroatoms. The van der Waals surface area contributed by atoms with Crippen molar-refractivity contribution in [2.75, 3.05) is 0 Å². The third kappa shape index (κ3) is 2.88. The minimum Gasteiger partial charge on any atom is -0.388 e. The fourth-order valence-electron chi connectivity index (χ4n) is 2.36. The first kappa shape index (κ1) is 13.6. The summed E-state index contributed by atoms with van der Waals surface area (Å²) in [6, 6.07) is 18.3. The second kappa shape index (κ2) is 5.94. The molecule has 21 heavy (non-hydrogen) atoms.